The summed E-state index contributed by atoms with van der Waals surface area (Å²) in [5, 5.41) is 25.4. The van der Waals surface area contributed by atoms with Crippen LogP contribution in [0.5, 0.6) is 0 Å². The van der Waals surface area contributed by atoms with Gasteiger partial charge in [0.2, 0.25) is 29.7 Å². The molecule has 2 saturated heterocycles. The van der Waals surface area contributed by atoms with Gasteiger partial charge in [0.1, 0.15) is 0 Å². The van der Waals surface area contributed by atoms with E-state index in [1.807, 2.05) is 287 Å². The summed E-state index contributed by atoms with van der Waals surface area (Å²) in [6.07, 6.45) is 17.2. The Labute approximate surface area is 712 Å². The standard InChI is InChI=1S/C29H30N6O.C24H26N4O.C24H20N4O.C23H24N4O/c36-28(19-31-26-16-18-35(21-26)20-22-7-3-1-4-8-22)32-25-13-11-23(12-14-25)27-15-17-30-29(34-27)33-24-9-5-2-6-10-24;2*1-17-12-13-18(16-21(17)23(29)26-19-8-4-2-5-9-19)22-14-15-25-24(28-22)27-20-10-6-3-7-11-20;1-17-10-11-18(16-20(17)22(28)27-14-6-3-7-15-27)21-12-13-24-23(26-21)25-19-8-4-2-5-9-19/h1-15,17,26,31H,16,18-21H2,(H,32,36)(H,30,33,34);3,6-7,10-16,19H,2,4-5,8-9H2,1H3,(H,26,29)(H,25,27,28);2-16H,1H3,(H,26,29)(H,25,27,28);2,4-5,8-13,16H,3,6-7,14-15H2,1H3,(H,24,25,26). The number of anilines is 10. The van der Waals surface area contributed by atoms with Gasteiger partial charge in [0.25, 0.3) is 17.7 Å². The Kier molecular flexibility index (Phi) is 29.4. The Morgan fingerprint density at radius 3 is 1.16 bits per heavy atom. The number of rotatable bonds is 23. The van der Waals surface area contributed by atoms with Gasteiger partial charge in [-0.3, -0.25) is 24.1 Å². The van der Waals surface area contributed by atoms with E-state index < -0.39 is 0 Å². The molecule has 1 atom stereocenters. The van der Waals surface area contributed by atoms with Crippen molar-refractivity contribution in [3.05, 3.63) is 349 Å². The summed E-state index contributed by atoms with van der Waals surface area (Å²) in [5.74, 6) is 2.05. The molecule has 3 aliphatic rings. The molecular formula is C100H100N18O4. The van der Waals surface area contributed by atoms with Gasteiger partial charge in [0.05, 0.1) is 29.3 Å². The van der Waals surface area contributed by atoms with Gasteiger partial charge in [-0.25, -0.2) is 39.9 Å². The molecule has 4 aromatic heterocycles. The van der Waals surface area contributed by atoms with E-state index in [1.165, 1.54) is 31.2 Å². The first kappa shape index (κ1) is 84.0. The second kappa shape index (κ2) is 42.8. The van der Waals surface area contributed by atoms with Crippen molar-refractivity contribution in [2.75, 3.05) is 64.6 Å². The van der Waals surface area contributed by atoms with Gasteiger partial charge in [-0.05, 0) is 197 Å². The van der Waals surface area contributed by atoms with Gasteiger partial charge in [-0.1, -0.05) is 189 Å². The van der Waals surface area contributed by atoms with E-state index in [0.29, 0.717) is 53.5 Å². The number of aromatic nitrogens is 8. The largest absolute Gasteiger partial charge is 0.349 e. The van der Waals surface area contributed by atoms with Gasteiger partial charge in [0, 0.05) is 143 Å². The number of piperidine rings is 1. The Hall–Kier alpha value is -14.5. The topological polar surface area (TPSA) is 274 Å². The number of nitrogens with one attached hydrogen (secondary N) is 8. The van der Waals surface area contributed by atoms with Crippen molar-refractivity contribution in [3.63, 3.8) is 0 Å². The molecule has 1 saturated carbocycles. The highest BCUT2D eigenvalue weighted by Crippen LogP contribution is 2.30. The summed E-state index contributed by atoms with van der Waals surface area (Å²) in [6, 6.07) is 92.6. The van der Waals surface area contributed by atoms with Crippen LogP contribution in [-0.4, -0.2) is 118 Å². The Balaban J connectivity index is 0.000000133. The fourth-order valence-electron chi connectivity index (χ4n) is 14.6. The Morgan fingerprint density at radius 2 is 0.713 bits per heavy atom. The van der Waals surface area contributed by atoms with Crippen LogP contribution < -0.4 is 42.5 Å². The average molecular weight is 1620 g/mol. The number of para-hydroxylation sites is 5. The highest BCUT2D eigenvalue weighted by Gasteiger charge is 2.25. The third-order valence-corrected chi connectivity index (χ3v) is 21.2. The van der Waals surface area contributed by atoms with Crippen molar-refractivity contribution in [3.8, 4) is 45.0 Å². The van der Waals surface area contributed by atoms with Crippen molar-refractivity contribution in [2.24, 2.45) is 0 Å². The minimum Gasteiger partial charge on any atom is -0.349 e. The molecule has 22 heteroatoms. The molecule has 2 aliphatic heterocycles. The van der Waals surface area contributed by atoms with Crippen LogP contribution >= 0.6 is 0 Å². The number of hydrogen-bond acceptors (Lipinski definition) is 18. The smallest absolute Gasteiger partial charge is 0.255 e. The van der Waals surface area contributed by atoms with E-state index in [0.717, 1.165) is 166 Å². The number of carbonyl (C=O) groups is 4. The van der Waals surface area contributed by atoms with E-state index in [4.69, 9.17) is 0 Å². The maximum absolute atomic E-state index is 13.0. The summed E-state index contributed by atoms with van der Waals surface area (Å²) in [4.78, 5) is 91.2. The molecular weight excluding hydrogens is 1520 g/mol. The summed E-state index contributed by atoms with van der Waals surface area (Å²) < 4.78 is 0. The maximum Gasteiger partial charge on any atom is 0.255 e. The molecule has 0 spiro atoms. The fraction of sp³-hybridized carbons (Fsp3) is 0.200. The van der Waals surface area contributed by atoms with Crippen LogP contribution in [0.15, 0.2) is 310 Å². The number of aryl methyl sites for hydroxylation is 3. The Morgan fingerprint density at radius 1 is 0.344 bits per heavy atom. The highest BCUT2D eigenvalue weighted by molar-refractivity contribution is 6.06. The lowest BCUT2D eigenvalue weighted by Crippen LogP contribution is -2.37. The maximum atomic E-state index is 13.0. The molecule has 8 N–H and O–H groups in total. The number of benzene rings is 10. The predicted octanol–water partition coefficient (Wildman–Crippen LogP) is 20.2. The molecule has 1 aliphatic carbocycles. The molecule has 1 unspecified atom stereocenters. The van der Waals surface area contributed by atoms with Crippen LogP contribution in [0.4, 0.5) is 57.9 Å². The minimum atomic E-state index is -0.146. The lowest BCUT2D eigenvalue weighted by Gasteiger charge is -2.27. The molecule has 17 rings (SSSR count). The Bertz CT molecular complexity index is 5750. The monoisotopic (exact) mass is 1620 g/mol. The fourth-order valence-corrected chi connectivity index (χ4v) is 14.6. The summed E-state index contributed by atoms with van der Waals surface area (Å²) in [5.41, 5.74) is 18.3. The zero-order chi connectivity index (χ0) is 84.0. The SMILES string of the molecule is Cc1ccc(-c2ccnc(Nc3ccccc3)n2)cc1C(=O)N1CCCCC1.Cc1ccc(-c2ccnc(Nc3ccccc3)n2)cc1C(=O)NC1CCCCC1.Cc1ccc(-c2ccnc(Nc3ccccc3)n2)cc1C(=O)Nc1ccccc1.O=C(CNC1CCN(Cc2ccccc2)C1)Nc1ccc(-c2ccnc(Nc3ccccc3)n2)cc1. The third-order valence-electron chi connectivity index (χ3n) is 21.2. The van der Waals surface area contributed by atoms with Gasteiger partial charge < -0.3 is 47.4 Å². The van der Waals surface area contributed by atoms with Gasteiger partial charge >= 0.3 is 0 Å². The first-order valence-corrected chi connectivity index (χ1v) is 41.6. The van der Waals surface area contributed by atoms with Crippen LogP contribution in [0, 0.1) is 20.8 Å². The van der Waals surface area contributed by atoms with Gasteiger partial charge in [-0.2, -0.15) is 0 Å². The van der Waals surface area contributed by atoms with Crippen molar-refractivity contribution >= 4 is 81.5 Å². The molecule has 3 fully saturated rings. The normalized spacial score (nSPS) is 13.7. The average Bonchev–Trinajstić information content (AvgIpc) is 0.886. The number of likely N-dealkylation sites (tertiary alicyclic amines) is 2. The quantitative estimate of drug-likeness (QED) is 0.0296. The molecule has 0 radical (unpaired) electrons. The highest BCUT2D eigenvalue weighted by atomic mass is 16.2. The van der Waals surface area contributed by atoms with Crippen LogP contribution in [0.1, 0.15) is 111 Å². The zero-order valence-electron chi connectivity index (χ0n) is 68.8. The second-order valence-electron chi connectivity index (χ2n) is 30.3. The van der Waals surface area contributed by atoms with E-state index in [9.17, 15) is 19.2 Å². The molecule has 4 amide bonds. The van der Waals surface area contributed by atoms with E-state index in [2.05, 4.69) is 112 Å². The number of carbonyl (C=O) groups excluding carboxylic acids is 4. The molecule has 22 nitrogen and oxygen atoms in total. The lowest BCUT2D eigenvalue weighted by atomic mass is 9.95. The van der Waals surface area contributed by atoms with E-state index in [-0.39, 0.29) is 23.6 Å². The van der Waals surface area contributed by atoms with Crippen molar-refractivity contribution in [1.82, 2.24) is 60.3 Å². The molecule has 0 bridgehead atoms. The molecule has 6 heterocycles. The van der Waals surface area contributed by atoms with Crippen molar-refractivity contribution in [2.45, 2.75) is 97.2 Å². The molecule has 614 valence electrons. The van der Waals surface area contributed by atoms with Gasteiger partial charge in [-0.15, -0.1) is 0 Å². The third kappa shape index (κ3) is 24.6. The summed E-state index contributed by atoms with van der Waals surface area (Å²) >= 11 is 0. The first-order valence-electron chi connectivity index (χ1n) is 41.6. The summed E-state index contributed by atoms with van der Waals surface area (Å²) in [7, 11) is 0. The number of hydrogen-bond donors (Lipinski definition) is 8. The van der Waals surface area contributed by atoms with Crippen LogP contribution in [0.3, 0.4) is 0 Å². The van der Waals surface area contributed by atoms with E-state index in [1.54, 1.807) is 24.8 Å². The first-order chi connectivity index (χ1) is 59.8. The van der Waals surface area contributed by atoms with Crippen molar-refractivity contribution in [1.29, 1.82) is 0 Å². The number of amides is 4. The second-order valence-corrected chi connectivity index (χ2v) is 30.3. The predicted molar refractivity (Wildman–Crippen MR) is 488 cm³/mol. The zero-order valence-corrected chi connectivity index (χ0v) is 68.8. The lowest BCUT2D eigenvalue weighted by molar-refractivity contribution is -0.115. The number of nitrogens with zero attached hydrogens (tertiary/aromatic N) is 10. The summed E-state index contributed by atoms with van der Waals surface area (Å²) in [6.45, 7) is 10.8. The van der Waals surface area contributed by atoms with Gasteiger partial charge in [0.15, 0.2) is 0 Å². The van der Waals surface area contributed by atoms with E-state index >= 15 is 0 Å². The molecule has 14 aromatic rings. The van der Waals surface area contributed by atoms with Crippen LogP contribution in [0.25, 0.3) is 45.0 Å². The molecule has 10 aromatic carbocycles. The minimum absolute atomic E-state index is 0.00735. The van der Waals surface area contributed by atoms with Crippen LogP contribution in [-0.2, 0) is 11.3 Å². The van der Waals surface area contributed by atoms with Crippen molar-refractivity contribution < 1.29 is 19.2 Å². The molecule has 122 heavy (non-hydrogen) atoms. The van der Waals surface area contributed by atoms with Crippen LogP contribution in [0.2, 0.25) is 0 Å².